The number of nitrogens with zero attached hydrogens (tertiary/aromatic N) is 3. The van der Waals surface area contributed by atoms with Gasteiger partial charge < -0.3 is 4.57 Å². The third-order valence-corrected chi connectivity index (χ3v) is 3.31. The van der Waals surface area contributed by atoms with Gasteiger partial charge in [0.25, 0.3) is 0 Å². The SMILES string of the molecule is CC(C)Cn1cnc2c1CCN(C(C)C)C2. The summed E-state index contributed by atoms with van der Waals surface area (Å²) in [5.74, 6) is 0.696. The van der Waals surface area contributed by atoms with Crippen LogP contribution in [0.5, 0.6) is 0 Å². The Hall–Kier alpha value is -0.830. The van der Waals surface area contributed by atoms with E-state index >= 15 is 0 Å². The first-order chi connectivity index (χ1) is 7.58. The molecule has 2 rings (SSSR count). The van der Waals surface area contributed by atoms with Crippen LogP contribution in [-0.2, 0) is 19.5 Å². The molecule has 0 aliphatic carbocycles. The fraction of sp³-hybridized carbons (Fsp3) is 0.769. The number of hydrogen-bond acceptors (Lipinski definition) is 2. The van der Waals surface area contributed by atoms with Gasteiger partial charge in [-0.05, 0) is 19.8 Å². The fourth-order valence-electron chi connectivity index (χ4n) is 2.38. The molecule has 0 atom stereocenters. The number of aromatic nitrogens is 2. The quantitative estimate of drug-likeness (QED) is 0.781. The van der Waals surface area contributed by atoms with Crippen LogP contribution in [0.15, 0.2) is 6.33 Å². The van der Waals surface area contributed by atoms with E-state index < -0.39 is 0 Å². The Morgan fingerprint density at radius 1 is 1.31 bits per heavy atom. The smallest absolute Gasteiger partial charge is 0.0952 e. The molecule has 0 bridgehead atoms. The van der Waals surface area contributed by atoms with Crippen LogP contribution in [0.3, 0.4) is 0 Å². The molecular weight excluding hydrogens is 198 g/mol. The number of rotatable bonds is 3. The number of fused-ring (bicyclic) bond motifs is 1. The molecule has 0 unspecified atom stereocenters. The molecule has 3 heteroatoms. The Labute approximate surface area is 98.5 Å². The summed E-state index contributed by atoms with van der Waals surface area (Å²) in [7, 11) is 0. The van der Waals surface area contributed by atoms with E-state index in [1.807, 2.05) is 6.33 Å². The highest BCUT2D eigenvalue weighted by molar-refractivity contribution is 5.16. The van der Waals surface area contributed by atoms with Crippen LogP contribution < -0.4 is 0 Å². The lowest BCUT2D eigenvalue weighted by Gasteiger charge is -2.30. The molecule has 0 fully saturated rings. The van der Waals surface area contributed by atoms with Crippen molar-refractivity contribution in [2.75, 3.05) is 6.54 Å². The van der Waals surface area contributed by atoms with Crippen LogP contribution >= 0.6 is 0 Å². The summed E-state index contributed by atoms with van der Waals surface area (Å²) in [4.78, 5) is 7.06. The van der Waals surface area contributed by atoms with Crippen LogP contribution in [0.2, 0.25) is 0 Å². The zero-order valence-electron chi connectivity index (χ0n) is 10.9. The normalized spacial score (nSPS) is 17.1. The van der Waals surface area contributed by atoms with Gasteiger partial charge >= 0.3 is 0 Å². The first kappa shape index (κ1) is 11.6. The summed E-state index contributed by atoms with van der Waals surface area (Å²) >= 11 is 0. The predicted octanol–water partition coefficient (Wildman–Crippen LogP) is 2.31. The van der Waals surface area contributed by atoms with Gasteiger partial charge in [0.15, 0.2) is 0 Å². The van der Waals surface area contributed by atoms with Crippen LogP contribution in [0.1, 0.15) is 39.1 Å². The Morgan fingerprint density at radius 3 is 2.69 bits per heavy atom. The van der Waals surface area contributed by atoms with Crippen LogP contribution in [0.25, 0.3) is 0 Å². The Bertz CT molecular complexity index is 352. The molecule has 0 radical (unpaired) electrons. The van der Waals surface area contributed by atoms with E-state index in [4.69, 9.17) is 0 Å². The molecule has 16 heavy (non-hydrogen) atoms. The van der Waals surface area contributed by atoms with Gasteiger partial charge in [-0.2, -0.15) is 0 Å². The zero-order valence-corrected chi connectivity index (χ0v) is 10.9. The van der Waals surface area contributed by atoms with E-state index in [0.717, 1.165) is 19.5 Å². The van der Waals surface area contributed by atoms with E-state index in [9.17, 15) is 0 Å². The van der Waals surface area contributed by atoms with Gasteiger partial charge in [-0.3, -0.25) is 4.90 Å². The van der Waals surface area contributed by atoms with E-state index in [0.29, 0.717) is 12.0 Å². The van der Waals surface area contributed by atoms with Gasteiger partial charge in [-0.25, -0.2) is 4.98 Å². The van der Waals surface area contributed by atoms with Crippen LogP contribution in [0, 0.1) is 5.92 Å². The topological polar surface area (TPSA) is 21.1 Å². The molecule has 0 saturated carbocycles. The monoisotopic (exact) mass is 221 g/mol. The lowest BCUT2D eigenvalue weighted by molar-refractivity contribution is 0.198. The van der Waals surface area contributed by atoms with Crippen molar-refractivity contribution in [1.82, 2.24) is 14.5 Å². The van der Waals surface area contributed by atoms with Crippen molar-refractivity contribution >= 4 is 0 Å². The van der Waals surface area contributed by atoms with Crippen LogP contribution in [-0.4, -0.2) is 27.0 Å². The lowest BCUT2D eigenvalue weighted by atomic mass is 10.1. The van der Waals surface area contributed by atoms with Crippen molar-refractivity contribution in [3.8, 4) is 0 Å². The Morgan fingerprint density at radius 2 is 2.06 bits per heavy atom. The van der Waals surface area contributed by atoms with Gasteiger partial charge in [0.05, 0.1) is 12.0 Å². The molecule has 1 aromatic heterocycles. The highest BCUT2D eigenvalue weighted by Gasteiger charge is 2.22. The predicted molar refractivity (Wildman–Crippen MR) is 66.3 cm³/mol. The van der Waals surface area contributed by atoms with Crippen molar-refractivity contribution in [2.45, 2.75) is 53.2 Å². The molecular formula is C13H23N3. The summed E-state index contributed by atoms with van der Waals surface area (Å²) in [6.07, 6.45) is 3.18. The average Bonchev–Trinajstić information content (AvgIpc) is 2.60. The van der Waals surface area contributed by atoms with E-state index in [1.165, 1.54) is 17.9 Å². The molecule has 3 nitrogen and oxygen atoms in total. The Balaban J connectivity index is 2.14. The molecule has 1 aliphatic heterocycles. The molecule has 1 aliphatic rings. The summed E-state index contributed by atoms with van der Waals surface area (Å²) in [6.45, 7) is 12.3. The second-order valence-electron chi connectivity index (χ2n) is 5.50. The summed E-state index contributed by atoms with van der Waals surface area (Å²) in [5.41, 5.74) is 2.76. The van der Waals surface area contributed by atoms with Crippen molar-refractivity contribution in [3.63, 3.8) is 0 Å². The molecule has 0 saturated heterocycles. The highest BCUT2D eigenvalue weighted by atomic mass is 15.2. The van der Waals surface area contributed by atoms with E-state index in [-0.39, 0.29) is 0 Å². The molecule has 0 N–H and O–H groups in total. The van der Waals surface area contributed by atoms with Gasteiger partial charge in [-0.15, -0.1) is 0 Å². The maximum atomic E-state index is 4.56. The minimum absolute atomic E-state index is 0.628. The van der Waals surface area contributed by atoms with Gasteiger partial charge in [0.2, 0.25) is 0 Å². The second-order valence-corrected chi connectivity index (χ2v) is 5.50. The van der Waals surface area contributed by atoms with Crippen LogP contribution in [0.4, 0.5) is 0 Å². The number of hydrogen-bond donors (Lipinski definition) is 0. The van der Waals surface area contributed by atoms with Crippen molar-refractivity contribution in [1.29, 1.82) is 0 Å². The lowest BCUT2D eigenvalue weighted by Crippen LogP contribution is -2.36. The zero-order chi connectivity index (χ0) is 11.7. The minimum Gasteiger partial charge on any atom is -0.334 e. The Kier molecular flexibility index (Phi) is 3.33. The van der Waals surface area contributed by atoms with Crippen molar-refractivity contribution in [2.24, 2.45) is 5.92 Å². The highest BCUT2D eigenvalue weighted by Crippen LogP contribution is 2.20. The summed E-state index contributed by atoms with van der Waals surface area (Å²) < 4.78 is 2.34. The van der Waals surface area contributed by atoms with E-state index in [2.05, 4.69) is 42.1 Å². The van der Waals surface area contributed by atoms with Crippen molar-refractivity contribution < 1.29 is 0 Å². The first-order valence-electron chi connectivity index (χ1n) is 6.35. The molecule has 1 aromatic rings. The van der Waals surface area contributed by atoms with Gasteiger partial charge in [0.1, 0.15) is 0 Å². The third-order valence-electron chi connectivity index (χ3n) is 3.31. The summed E-state index contributed by atoms with van der Waals surface area (Å²) in [5, 5.41) is 0. The summed E-state index contributed by atoms with van der Waals surface area (Å²) in [6, 6.07) is 0.628. The average molecular weight is 221 g/mol. The standard InChI is InChI=1S/C13H23N3/c1-10(2)7-16-9-14-12-8-15(11(3)4)6-5-13(12)16/h9-11H,5-8H2,1-4H3. The van der Waals surface area contributed by atoms with Crippen molar-refractivity contribution in [3.05, 3.63) is 17.7 Å². The molecule has 2 heterocycles. The molecule has 0 amide bonds. The molecule has 0 aromatic carbocycles. The molecule has 90 valence electrons. The second kappa shape index (κ2) is 4.58. The number of imidazole rings is 1. The van der Waals surface area contributed by atoms with Gasteiger partial charge in [0, 0.05) is 37.8 Å². The minimum atomic E-state index is 0.628. The maximum Gasteiger partial charge on any atom is 0.0952 e. The van der Waals surface area contributed by atoms with Gasteiger partial charge in [-0.1, -0.05) is 13.8 Å². The first-order valence-corrected chi connectivity index (χ1v) is 6.35. The van der Waals surface area contributed by atoms with E-state index in [1.54, 1.807) is 0 Å². The fourth-order valence-corrected chi connectivity index (χ4v) is 2.38. The third kappa shape index (κ3) is 2.29. The largest absolute Gasteiger partial charge is 0.334 e. The maximum absolute atomic E-state index is 4.56. The molecule has 0 spiro atoms.